The van der Waals surface area contributed by atoms with E-state index in [9.17, 15) is 9.90 Å². The Hall–Kier alpha value is -2.86. The van der Waals surface area contributed by atoms with Gasteiger partial charge in [0.1, 0.15) is 22.7 Å². The molecular weight excluding hydrogens is 330 g/mol. The molecule has 0 radical (unpaired) electrons. The molecule has 1 aliphatic rings. The highest BCUT2D eigenvalue weighted by atomic mass is 16.3. The molecule has 0 spiro atoms. The van der Waals surface area contributed by atoms with Crippen LogP contribution in [0.1, 0.15) is 22.7 Å². The van der Waals surface area contributed by atoms with Gasteiger partial charge < -0.3 is 14.4 Å². The normalized spacial score (nSPS) is 15.9. The third-order valence-electron chi connectivity index (χ3n) is 4.75. The average Bonchev–Trinajstić information content (AvgIpc) is 3.05. The standard InChI is InChI=1S/C20H21N3O3/c24-18-6-1-4-15-7-8-17(21-19(15)18)20(25)23-10-3-9-22(11-12-23)14-16-5-2-13-26-16/h1-2,4-8,13,24H,3,9-12,14H2. The number of aromatic nitrogens is 1. The molecule has 6 nitrogen and oxygen atoms in total. The van der Waals surface area contributed by atoms with Crippen LogP contribution in [0.25, 0.3) is 10.9 Å². The summed E-state index contributed by atoms with van der Waals surface area (Å²) in [7, 11) is 0. The molecular formula is C20H21N3O3. The molecule has 1 saturated heterocycles. The molecule has 1 aromatic carbocycles. The third kappa shape index (κ3) is 3.41. The molecule has 0 atom stereocenters. The van der Waals surface area contributed by atoms with Crippen LogP contribution in [-0.4, -0.2) is 52.0 Å². The van der Waals surface area contributed by atoms with E-state index in [0.717, 1.165) is 37.2 Å². The summed E-state index contributed by atoms with van der Waals surface area (Å²) in [6.45, 7) is 3.84. The quantitative estimate of drug-likeness (QED) is 0.786. The molecule has 4 rings (SSSR count). The monoisotopic (exact) mass is 351 g/mol. The molecule has 26 heavy (non-hydrogen) atoms. The number of phenols is 1. The largest absolute Gasteiger partial charge is 0.506 e. The predicted molar refractivity (Wildman–Crippen MR) is 97.9 cm³/mol. The van der Waals surface area contributed by atoms with E-state index < -0.39 is 0 Å². The van der Waals surface area contributed by atoms with Gasteiger partial charge in [-0.1, -0.05) is 18.2 Å². The van der Waals surface area contributed by atoms with E-state index in [2.05, 4.69) is 9.88 Å². The van der Waals surface area contributed by atoms with Crippen molar-refractivity contribution in [1.29, 1.82) is 0 Å². The van der Waals surface area contributed by atoms with Crippen LogP contribution >= 0.6 is 0 Å². The van der Waals surface area contributed by atoms with Crippen molar-refractivity contribution in [3.8, 4) is 5.75 Å². The lowest BCUT2D eigenvalue weighted by molar-refractivity contribution is 0.0755. The Bertz CT molecular complexity index is 908. The minimum atomic E-state index is -0.0880. The predicted octanol–water partition coefficient (Wildman–Crippen LogP) is 2.88. The van der Waals surface area contributed by atoms with E-state index in [0.29, 0.717) is 24.3 Å². The number of benzene rings is 1. The highest BCUT2D eigenvalue weighted by Crippen LogP contribution is 2.23. The first-order valence-electron chi connectivity index (χ1n) is 8.83. The second-order valence-corrected chi connectivity index (χ2v) is 6.55. The first-order chi connectivity index (χ1) is 12.7. The third-order valence-corrected chi connectivity index (χ3v) is 4.75. The number of hydrogen-bond acceptors (Lipinski definition) is 5. The molecule has 6 heteroatoms. The maximum Gasteiger partial charge on any atom is 0.272 e. The van der Waals surface area contributed by atoms with Crippen molar-refractivity contribution in [3.05, 3.63) is 60.2 Å². The van der Waals surface area contributed by atoms with Crippen molar-refractivity contribution in [1.82, 2.24) is 14.8 Å². The SMILES string of the molecule is O=C(c1ccc2cccc(O)c2n1)N1CCCN(Cc2ccco2)CC1. The average molecular weight is 351 g/mol. The van der Waals surface area contributed by atoms with E-state index in [-0.39, 0.29) is 11.7 Å². The van der Waals surface area contributed by atoms with Gasteiger partial charge in [-0.2, -0.15) is 0 Å². The molecule has 3 heterocycles. The summed E-state index contributed by atoms with van der Waals surface area (Å²) in [6.07, 6.45) is 2.59. The van der Waals surface area contributed by atoms with Gasteiger partial charge in [0.25, 0.3) is 5.91 Å². The maximum absolute atomic E-state index is 12.9. The fraction of sp³-hybridized carbons (Fsp3) is 0.300. The smallest absolute Gasteiger partial charge is 0.272 e. The Morgan fingerprint density at radius 2 is 2.00 bits per heavy atom. The van der Waals surface area contributed by atoms with Crippen LogP contribution in [0.2, 0.25) is 0 Å². The van der Waals surface area contributed by atoms with E-state index in [1.54, 1.807) is 24.5 Å². The van der Waals surface area contributed by atoms with E-state index in [1.165, 1.54) is 0 Å². The number of pyridine rings is 1. The lowest BCUT2D eigenvalue weighted by Gasteiger charge is -2.21. The van der Waals surface area contributed by atoms with Crippen LogP contribution in [0.4, 0.5) is 0 Å². The van der Waals surface area contributed by atoms with Crippen LogP contribution in [-0.2, 0) is 6.54 Å². The van der Waals surface area contributed by atoms with E-state index >= 15 is 0 Å². The van der Waals surface area contributed by atoms with Gasteiger partial charge in [-0.3, -0.25) is 9.69 Å². The number of rotatable bonds is 3. The first kappa shape index (κ1) is 16.6. The molecule has 1 aliphatic heterocycles. The highest BCUT2D eigenvalue weighted by molar-refractivity contribution is 5.96. The molecule has 3 aromatic rings. The molecule has 0 unspecified atom stereocenters. The van der Waals surface area contributed by atoms with Gasteiger partial charge in [0.2, 0.25) is 0 Å². The summed E-state index contributed by atoms with van der Waals surface area (Å²) in [5.41, 5.74) is 0.839. The van der Waals surface area contributed by atoms with Crippen molar-refractivity contribution < 1.29 is 14.3 Å². The summed E-state index contributed by atoms with van der Waals surface area (Å²) in [5, 5.41) is 10.8. The molecule has 1 fully saturated rings. The number of hydrogen-bond donors (Lipinski definition) is 1. The summed E-state index contributed by atoms with van der Waals surface area (Å²) in [5.74, 6) is 0.948. The number of carbonyl (C=O) groups is 1. The van der Waals surface area contributed by atoms with Gasteiger partial charge in [0.15, 0.2) is 0 Å². The molecule has 1 N–H and O–H groups in total. The Balaban J connectivity index is 1.47. The van der Waals surface area contributed by atoms with Crippen molar-refractivity contribution in [2.75, 3.05) is 26.2 Å². The lowest BCUT2D eigenvalue weighted by Crippen LogP contribution is -2.35. The molecule has 1 amide bonds. The number of amides is 1. The molecule has 2 aromatic heterocycles. The van der Waals surface area contributed by atoms with Crippen LogP contribution in [0.15, 0.2) is 53.1 Å². The number of carbonyl (C=O) groups excluding carboxylic acids is 1. The van der Waals surface area contributed by atoms with Gasteiger partial charge in [0.05, 0.1) is 12.8 Å². The van der Waals surface area contributed by atoms with E-state index in [4.69, 9.17) is 4.42 Å². The van der Waals surface area contributed by atoms with Crippen LogP contribution < -0.4 is 0 Å². The Morgan fingerprint density at radius 3 is 2.85 bits per heavy atom. The van der Waals surface area contributed by atoms with Crippen molar-refractivity contribution in [2.24, 2.45) is 0 Å². The number of para-hydroxylation sites is 1. The van der Waals surface area contributed by atoms with Crippen molar-refractivity contribution >= 4 is 16.8 Å². The van der Waals surface area contributed by atoms with Gasteiger partial charge in [0, 0.05) is 31.6 Å². The Labute approximate surface area is 151 Å². The summed E-state index contributed by atoms with van der Waals surface area (Å²) >= 11 is 0. The summed E-state index contributed by atoms with van der Waals surface area (Å²) in [6, 6.07) is 12.6. The molecule has 0 bridgehead atoms. The number of fused-ring (bicyclic) bond motifs is 1. The maximum atomic E-state index is 12.9. The number of furan rings is 1. The zero-order valence-electron chi connectivity index (χ0n) is 14.5. The minimum Gasteiger partial charge on any atom is -0.506 e. The molecule has 0 saturated carbocycles. The summed E-state index contributed by atoms with van der Waals surface area (Å²) in [4.78, 5) is 21.4. The van der Waals surface area contributed by atoms with Crippen LogP contribution in [0.3, 0.4) is 0 Å². The van der Waals surface area contributed by atoms with Crippen LogP contribution in [0, 0.1) is 0 Å². The fourth-order valence-corrected chi connectivity index (χ4v) is 3.37. The number of aromatic hydroxyl groups is 1. The second-order valence-electron chi connectivity index (χ2n) is 6.55. The van der Waals surface area contributed by atoms with E-state index in [1.807, 2.05) is 29.2 Å². The first-order valence-corrected chi connectivity index (χ1v) is 8.83. The Morgan fingerprint density at radius 1 is 1.08 bits per heavy atom. The van der Waals surface area contributed by atoms with Gasteiger partial charge in [-0.25, -0.2) is 4.98 Å². The van der Waals surface area contributed by atoms with Gasteiger partial charge in [-0.05, 0) is 30.7 Å². The van der Waals surface area contributed by atoms with Crippen molar-refractivity contribution in [3.63, 3.8) is 0 Å². The second kappa shape index (κ2) is 7.17. The van der Waals surface area contributed by atoms with Crippen LogP contribution in [0.5, 0.6) is 5.75 Å². The number of nitrogens with zero attached hydrogens (tertiary/aromatic N) is 3. The van der Waals surface area contributed by atoms with Gasteiger partial charge >= 0.3 is 0 Å². The molecule has 134 valence electrons. The van der Waals surface area contributed by atoms with Gasteiger partial charge in [-0.15, -0.1) is 0 Å². The summed E-state index contributed by atoms with van der Waals surface area (Å²) < 4.78 is 5.42. The Kier molecular flexibility index (Phi) is 4.58. The zero-order valence-corrected chi connectivity index (χ0v) is 14.5. The minimum absolute atomic E-state index is 0.0880. The van der Waals surface area contributed by atoms with Crippen molar-refractivity contribution in [2.45, 2.75) is 13.0 Å². The lowest BCUT2D eigenvalue weighted by atomic mass is 10.2. The molecule has 0 aliphatic carbocycles. The topological polar surface area (TPSA) is 69.8 Å². The zero-order chi connectivity index (χ0) is 17.9. The number of phenolic OH excluding ortho intramolecular Hbond substituents is 1. The fourth-order valence-electron chi connectivity index (χ4n) is 3.37. The highest BCUT2D eigenvalue weighted by Gasteiger charge is 2.22.